The van der Waals surface area contributed by atoms with Crippen molar-refractivity contribution in [3.63, 3.8) is 0 Å². The predicted molar refractivity (Wildman–Crippen MR) is 24.1 cm³/mol. The summed E-state index contributed by atoms with van der Waals surface area (Å²) in [7, 11) is -3.73. The number of rotatable bonds is 1. The quantitative estimate of drug-likeness (QED) is 0.488. The van der Waals surface area contributed by atoms with Crippen LogP contribution in [0.2, 0.25) is 6.04 Å². The standard InChI is InChI=1S/C3H5F3OSi/c1-2-8(7)3(4,5)6/h8H,1-2H2. The molecule has 0 aromatic heterocycles. The lowest BCUT2D eigenvalue weighted by Gasteiger charge is -2.05. The summed E-state index contributed by atoms with van der Waals surface area (Å²) in [5, 5.41) is 0. The van der Waals surface area contributed by atoms with Crippen molar-refractivity contribution in [3.8, 4) is 0 Å². The first kappa shape index (κ1) is 7.97. The zero-order valence-corrected chi connectivity index (χ0v) is 5.19. The highest BCUT2D eigenvalue weighted by Gasteiger charge is 2.40. The van der Waals surface area contributed by atoms with Crippen LogP contribution in [0.5, 0.6) is 0 Å². The topological polar surface area (TPSA) is 19.9 Å². The minimum atomic E-state index is -4.47. The van der Waals surface area contributed by atoms with E-state index >= 15 is 0 Å². The molecule has 0 N–H and O–H groups in total. The van der Waals surface area contributed by atoms with Crippen LogP contribution in [0.15, 0.2) is 0 Å². The molecule has 0 amide bonds. The van der Waals surface area contributed by atoms with Crippen molar-refractivity contribution in [1.29, 1.82) is 0 Å². The highest BCUT2D eigenvalue weighted by molar-refractivity contribution is 6.52. The summed E-state index contributed by atoms with van der Waals surface area (Å²) in [6, 6.07) is -0.497. The van der Waals surface area contributed by atoms with Crippen molar-refractivity contribution in [2.75, 3.05) is 0 Å². The van der Waals surface area contributed by atoms with Gasteiger partial charge in [-0.1, -0.05) is 6.92 Å². The van der Waals surface area contributed by atoms with Gasteiger partial charge in [-0.05, 0) is 6.04 Å². The van der Waals surface area contributed by atoms with Gasteiger partial charge in [0.15, 0.2) is 0 Å². The van der Waals surface area contributed by atoms with Crippen molar-refractivity contribution >= 4 is 9.04 Å². The molecular formula is C3H5F3OSi. The van der Waals surface area contributed by atoms with Crippen LogP contribution in [0.4, 0.5) is 13.2 Å². The summed E-state index contributed by atoms with van der Waals surface area (Å²) < 4.78 is 33.5. The molecule has 48 valence electrons. The average Bonchev–Trinajstić information content (AvgIpc) is 1.62. The van der Waals surface area contributed by atoms with Crippen LogP contribution in [0, 0.1) is 6.92 Å². The van der Waals surface area contributed by atoms with Gasteiger partial charge in [0, 0.05) is 0 Å². The van der Waals surface area contributed by atoms with Gasteiger partial charge in [-0.2, -0.15) is 13.2 Å². The Kier molecular flexibility index (Phi) is 2.49. The molecule has 0 aromatic carbocycles. The summed E-state index contributed by atoms with van der Waals surface area (Å²) in [4.78, 5) is 9.87. The van der Waals surface area contributed by atoms with Crippen LogP contribution >= 0.6 is 0 Å². The lowest BCUT2D eigenvalue weighted by Crippen LogP contribution is -2.31. The van der Waals surface area contributed by atoms with E-state index in [1.165, 1.54) is 0 Å². The van der Waals surface area contributed by atoms with Gasteiger partial charge in [0.25, 0.3) is 0 Å². The molecule has 0 heterocycles. The number of hydrogen-bond acceptors (Lipinski definition) is 0. The molecule has 1 atom stereocenters. The molecule has 5 heteroatoms. The molecule has 0 aliphatic rings. The van der Waals surface area contributed by atoms with E-state index in [9.17, 15) is 18.0 Å². The third-order valence-corrected chi connectivity index (χ3v) is 1.88. The lowest BCUT2D eigenvalue weighted by molar-refractivity contribution is -0.0656. The monoisotopic (exact) mass is 142 g/mol. The zero-order valence-electron chi connectivity index (χ0n) is 4.03. The maximum atomic E-state index is 11.2. The normalized spacial score (nSPS) is 16.1. The Hall–Kier alpha value is -0.0331. The van der Waals surface area contributed by atoms with Crippen LogP contribution in [-0.4, -0.2) is 14.8 Å². The molecule has 8 heavy (non-hydrogen) atoms. The molecule has 1 nitrogen and oxygen atoms in total. The van der Waals surface area contributed by atoms with Crippen molar-refractivity contribution in [2.24, 2.45) is 0 Å². The van der Waals surface area contributed by atoms with Crippen LogP contribution in [-0.2, 0) is 4.80 Å². The fourth-order valence-corrected chi connectivity index (χ4v) is 0.491. The number of halogens is 3. The predicted octanol–water partition coefficient (Wildman–Crippen LogP) is 1.08. The van der Waals surface area contributed by atoms with E-state index in [1.807, 2.05) is 0 Å². The van der Waals surface area contributed by atoms with E-state index in [4.69, 9.17) is 0 Å². The molecule has 0 aliphatic heterocycles. The molecule has 0 rings (SSSR count). The van der Waals surface area contributed by atoms with Gasteiger partial charge in [-0.15, -0.1) is 0 Å². The Morgan fingerprint density at radius 2 is 1.88 bits per heavy atom. The molecule has 0 fully saturated rings. The SMILES string of the molecule is [CH2]C[SiH]([O])C(F)(F)F. The Bertz CT molecular complexity index is 71.4. The summed E-state index contributed by atoms with van der Waals surface area (Å²) in [6.07, 6.45) is 0. The van der Waals surface area contributed by atoms with Crippen molar-refractivity contribution in [1.82, 2.24) is 0 Å². The van der Waals surface area contributed by atoms with Crippen molar-refractivity contribution in [3.05, 3.63) is 6.92 Å². The van der Waals surface area contributed by atoms with Gasteiger partial charge in [0.2, 0.25) is 0 Å². The van der Waals surface area contributed by atoms with Gasteiger partial charge in [0.05, 0.1) is 0 Å². The maximum absolute atomic E-state index is 11.2. The first-order chi connectivity index (χ1) is 3.48. The van der Waals surface area contributed by atoms with E-state index in [2.05, 4.69) is 6.92 Å². The van der Waals surface area contributed by atoms with Crippen molar-refractivity contribution < 1.29 is 18.0 Å². The summed E-state index contributed by atoms with van der Waals surface area (Å²) in [5.41, 5.74) is 0. The molecule has 0 saturated heterocycles. The first-order valence-electron chi connectivity index (χ1n) is 2.00. The molecule has 2 radical (unpaired) electrons. The van der Waals surface area contributed by atoms with Crippen LogP contribution in [0.3, 0.4) is 0 Å². The highest BCUT2D eigenvalue weighted by Crippen LogP contribution is 2.19. The van der Waals surface area contributed by atoms with Gasteiger partial charge < -0.3 is 0 Å². The Morgan fingerprint density at radius 3 is 1.88 bits per heavy atom. The Balaban J connectivity index is 3.62. The van der Waals surface area contributed by atoms with Crippen LogP contribution < -0.4 is 0 Å². The zero-order chi connectivity index (χ0) is 6.78. The second-order valence-corrected chi connectivity index (χ2v) is 3.53. The third kappa shape index (κ3) is 2.32. The Morgan fingerprint density at radius 1 is 1.50 bits per heavy atom. The molecule has 1 unspecified atom stereocenters. The number of alkyl halides is 3. The van der Waals surface area contributed by atoms with Gasteiger partial charge >= 0.3 is 14.8 Å². The second-order valence-electron chi connectivity index (χ2n) is 1.32. The molecule has 0 aromatic rings. The highest BCUT2D eigenvalue weighted by atomic mass is 28.3. The summed E-state index contributed by atoms with van der Waals surface area (Å²) >= 11 is 0. The third-order valence-electron chi connectivity index (χ3n) is 0.627. The summed E-state index contributed by atoms with van der Waals surface area (Å²) in [5.74, 6) is -4.47. The fourth-order valence-electron chi connectivity index (χ4n) is 0.164. The lowest BCUT2D eigenvalue weighted by atomic mass is 11.0. The molecular weight excluding hydrogens is 137 g/mol. The van der Waals surface area contributed by atoms with Gasteiger partial charge in [0.1, 0.15) is 0 Å². The van der Waals surface area contributed by atoms with E-state index in [1.54, 1.807) is 0 Å². The van der Waals surface area contributed by atoms with E-state index < -0.39 is 20.9 Å². The fraction of sp³-hybridized carbons (Fsp3) is 0.667. The van der Waals surface area contributed by atoms with E-state index in [-0.39, 0.29) is 0 Å². The smallest absolute Gasteiger partial charge is 0.290 e. The van der Waals surface area contributed by atoms with E-state index in [0.717, 1.165) is 0 Å². The minimum absolute atomic E-state index is 0.497. The first-order valence-corrected chi connectivity index (χ1v) is 3.86. The molecule has 0 bridgehead atoms. The van der Waals surface area contributed by atoms with Crippen LogP contribution in [0.1, 0.15) is 0 Å². The van der Waals surface area contributed by atoms with Gasteiger partial charge in [-0.25, -0.2) is 0 Å². The van der Waals surface area contributed by atoms with E-state index in [0.29, 0.717) is 0 Å². The average molecular weight is 142 g/mol. The largest absolute Gasteiger partial charge is 0.389 e. The maximum Gasteiger partial charge on any atom is 0.389 e. The Labute approximate surface area is 46.9 Å². The molecule has 0 aliphatic carbocycles. The van der Waals surface area contributed by atoms with Crippen LogP contribution in [0.25, 0.3) is 0 Å². The minimum Gasteiger partial charge on any atom is -0.290 e. The molecule has 0 spiro atoms. The number of hydrogen-bond donors (Lipinski definition) is 0. The van der Waals surface area contributed by atoms with Crippen molar-refractivity contribution in [2.45, 2.75) is 11.8 Å². The summed E-state index contributed by atoms with van der Waals surface area (Å²) in [6.45, 7) is 2.88. The second kappa shape index (κ2) is 2.50. The van der Waals surface area contributed by atoms with Gasteiger partial charge in [-0.3, -0.25) is 4.80 Å². The molecule has 0 saturated carbocycles.